The van der Waals surface area contributed by atoms with Crippen molar-refractivity contribution in [3.63, 3.8) is 0 Å². The number of aromatic nitrogens is 2. The zero-order chi connectivity index (χ0) is 13.2. The molecule has 1 aromatic carbocycles. The van der Waals surface area contributed by atoms with Gasteiger partial charge in [-0.25, -0.2) is 0 Å². The second-order valence-electron chi connectivity index (χ2n) is 4.54. The van der Waals surface area contributed by atoms with Crippen molar-refractivity contribution in [2.24, 2.45) is 0 Å². The van der Waals surface area contributed by atoms with Crippen molar-refractivity contribution in [1.82, 2.24) is 10.2 Å². The molecular weight excluding hydrogens is 244 g/mol. The van der Waals surface area contributed by atoms with Gasteiger partial charge in [0.15, 0.2) is 0 Å². The number of anilines is 2. The monoisotopic (exact) mass is 260 g/mol. The molecule has 19 heavy (non-hydrogen) atoms. The SMILES string of the molecule is COc1ccc(N)cc1-c1nnc(N2CCCC2)o1. The molecule has 1 fully saturated rings. The summed E-state index contributed by atoms with van der Waals surface area (Å²) >= 11 is 0. The van der Waals surface area contributed by atoms with Crippen LogP contribution in [0, 0.1) is 0 Å². The predicted octanol–water partition coefficient (Wildman–Crippen LogP) is 1.93. The van der Waals surface area contributed by atoms with E-state index < -0.39 is 0 Å². The smallest absolute Gasteiger partial charge is 0.318 e. The molecule has 0 bridgehead atoms. The van der Waals surface area contributed by atoms with E-state index in [4.69, 9.17) is 14.9 Å². The zero-order valence-electron chi connectivity index (χ0n) is 10.8. The number of rotatable bonds is 3. The number of benzene rings is 1. The number of hydrogen-bond acceptors (Lipinski definition) is 6. The summed E-state index contributed by atoms with van der Waals surface area (Å²) in [6.45, 7) is 1.94. The molecule has 2 heterocycles. The van der Waals surface area contributed by atoms with Crippen molar-refractivity contribution in [1.29, 1.82) is 0 Å². The fourth-order valence-electron chi connectivity index (χ4n) is 2.25. The minimum absolute atomic E-state index is 0.436. The highest BCUT2D eigenvalue weighted by Crippen LogP contribution is 2.32. The Morgan fingerprint density at radius 2 is 2.05 bits per heavy atom. The Bertz CT molecular complexity index is 576. The average molecular weight is 260 g/mol. The second kappa shape index (κ2) is 4.79. The summed E-state index contributed by atoms with van der Waals surface area (Å²) in [7, 11) is 1.60. The third-order valence-corrected chi connectivity index (χ3v) is 3.24. The first-order valence-electron chi connectivity index (χ1n) is 6.30. The van der Waals surface area contributed by atoms with Gasteiger partial charge in [0, 0.05) is 18.8 Å². The van der Waals surface area contributed by atoms with Crippen LogP contribution in [-0.4, -0.2) is 30.4 Å². The van der Waals surface area contributed by atoms with Crippen LogP contribution in [0.1, 0.15) is 12.8 Å². The van der Waals surface area contributed by atoms with Crippen LogP contribution in [0.5, 0.6) is 5.75 Å². The van der Waals surface area contributed by atoms with E-state index in [1.54, 1.807) is 25.3 Å². The van der Waals surface area contributed by atoms with Crippen molar-refractivity contribution >= 4 is 11.7 Å². The van der Waals surface area contributed by atoms with E-state index >= 15 is 0 Å². The molecule has 0 saturated carbocycles. The Hall–Kier alpha value is -2.24. The third-order valence-electron chi connectivity index (χ3n) is 3.24. The Morgan fingerprint density at radius 3 is 2.79 bits per heavy atom. The maximum atomic E-state index is 5.79. The molecule has 1 saturated heterocycles. The van der Waals surface area contributed by atoms with E-state index in [0.717, 1.165) is 18.7 Å². The highest BCUT2D eigenvalue weighted by atomic mass is 16.5. The summed E-state index contributed by atoms with van der Waals surface area (Å²) in [5, 5.41) is 8.18. The fraction of sp³-hybridized carbons (Fsp3) is 0.385. The first-order valence-corrected chi connectivity index (χ1v) is 6.30. The van der Waals surface area contributed by atoms with Crippen LogP contribution in [0.15, 0.2) is 22.6 Å². The number of ether oxygens (including phenoxy) is 1. The van der Waals surface area contributed by atoms with Gasteiger partial charge in [-0.3, -0.25) is 0 Å². The van der Waals surface area contributed by atoms with Crippen LogP contribution in [-0.2, 0) is 0 Å². The van der Waals surface area contributed by atoms with Crippen molar-refractivity contribution < 1.29 is 9.15 Å². The van der Waals surface area contributed by atoms with E-state index in [2.05, 4.69) is 15.1 Å². The van der Waals surface area contributed by atoms with Crippen molar-refractivity contribution in [3.8, 4) is 17.2 Å². The van der Waals surface area contributed by atoms with E-state index in [1.807, 2.05) is 0 Å². The van der Waals surface area contributed by atoms with E-state index in [1.165, 1.54) is 12.8 Å². The number of hydrogen-bond donors (Lipinski definition) is 1. The van der Waals surface area contributed by atoms with E-state index in [0.29, 0.717) is 23.3 Å². The number of nitrogen functional groups attached to an aromatic ring is 1. The van der Waals surface area contributed by atoms with Gasteiger partial charge in [-0.1, -0.05) is 5.10 Å². The Morgan fingerprint density at radius 1 is 1.26 bits per heavy atom. The summed E-state index contributed by atoms with van der Waals surface area (Å²) in [6.07, 6.45) is 2.33. The fourth-order valence-corrected chi connectivity index (χ4v) is 2.25. The zero-order valence-corrected chi connectivity index (χ0v) is 10.8. The molecule has 0 aliphatic carbocycles. The van der Waals surface area contributed by atoms with Crippen LogP contribution >= 0.6 is 0 Å². The molecule has 1 aliphatic heterocycles. The molecule has 0 radical (unpaired) electrons. The van der Waals surface area contributed by atoms with Gasteiger partial charge in [0.2, 0.25) is 0 Å². The molecular formula is C13H16N4O2. The van der Waals surface area contributed by atoms with Gasteiger partial charge < -0.3 is 19.8 Å². The van der Waals surface area contributed by atoms with E-state index in [9.17, 15) is 0 Å². The lowest BCUT2D eigenvalue weighted by atomic mass is 10.2. The highest BCUT2D eigenvalue weighted by Gasteiger charge is 2.20. The normalized spacial score (nSPS) is 14.9. The average Bonchev–Trinajstić information content (AvgIpc) is 3.09. The standard InChI is InChI=1S/C13H16N4O2/c1-18-11-5-4-9(14)8-10(11)12-15-16-13(19-12)17-6-2-3-7-17/h4-5,8H,2-3,6-7,14H2,1H3. The Labute approximate surface area is 111 Å². The van der Waals surface area contributed by atoms with Crippen molar-refractivity contribution in [2.45, 2.75) is 12.8 Å². The van der Waals surface area contributed by atoms with Crippen LogP contribution in [0.4, 0.5) is 11.7 Å². The quantitative estimate of drug-likeness (QED) is 0.850. The number of nitrogens with zero attached hydrogens (tertiary/aromatic N) is 3. The number of methoxy groups -OCH3 is 1. The largest absolute Gasteiger partial charge is 0.496 e. The van der Waals surface area contributed by atoms with Gasteiger partial charge in [0.25, 0.3) is 5.89 Å². The predicted molar refractivity (Wildman–Crippen MR) is 72.1 cm³/mol. The van der Waals surface area contributed by atoms with Crippen molar-refractivity contribution in [3.05, 3.63) is 18.2 Å². The molecule has 3 rings (SSSR count). The lowest BCUT2D eigenvalue weighted by Crippen LogP contribution is -2.17. The van der Waals surface area contributed by atoms with Gasteiger partial charge in [0.1, 0.15) is 5.75 Å². The van der Waals surface area contributed by atoms with Gasteiger partial charge in [0.05, 0.1) is 12.7 Å². The Balaban J connectivity index is 1.95. The molecule has 2 N–H and O–H groups in total. The van der Waals surface area contributed by atoms with Crippen LogP contribution in [0.3, 0.4) is 0 Å². The minimum atomic E-state index is 0.436. The van der Waals surface area contributed by atoms with Gasteiger partial charge in [-0.15, -0.1) is 5.10 Å². The van der Waals surface area contributed by atoms with Crippen LogP contribution < -0.4 is 15.4 Å². The maximum absolute atomic E-state index is 5.79. The van der Waals surface area contributed by atoms with Crippen LogP contribution in [0.2, 0.25) is 0 Å². The molecule has 0 amide bonds. The summed E-state index contributed by atoms with van der Waals surface area (Å²) in [5.41, 5.74) is 7.15. The van der Waals surface area contributed by atoms with E-state index in [-0.39, 0.29) is 0 Å². The highest BCUT2D eigenvalue weighted by molar-refractivity contribution is 5.68. The summed E-state index contributed by atoms with van der Waals surface area (Å²) < 4.78 is 11.0. The van der Waals surface area contributed by atoms with Crippen LogP contribution in [0.25, 0.3) is 11.5 Å². The molecule has 6 heteroatoms. The van der Waals surface area contributed by atoms with Crippen molar-refractivity contribution in [2.75, 3.05) is 30.8 Å². The molecule has 6 nitrogen and oxygen atoms in total. The maximum Gasteiger partial charge on any atom is 0.318 e. The minimum Gasteiger partial charge on any atom is -0.496 e. The number of nitrogens with two attached hydrogens (primary N) is 1. The Kier molecular flexibility index (Phi) is 2.98. The molecule has 2 aromatic rings. The third kappa shape index (κ3) is 2.21. The molecule has 1 aliphatic rings. The lowest BCUT2D eigenvalue weighted by molar-refractivity contribution is 0.414. The topological polar surface area (TPSA) is 77.4 Å². The molecule has 0 unspecified atom stereocenters. The van der Waals surface area contributed by atoms with Gasteiger partial charge in [-0.2, -0.15) is 0 Å². The van der Waals surface area contributed by atoms with Gasteiger partial charge >= 0.3 is 6.01 Å². The second-order valence-corrected chi connectivity index (χ2v) is 4.54. The summed E-state index contributed by atoms with van der Waals surface area (Å²) in [6, 6.07) is 5.92. The van der Waals surface area contributed by atoms with Gasteiger partial charge in [-0.05, 0) is 31.0 Å². The lowest BCUT2D eigenvalue weighted by Gasteiger charge is -2.10. The first-order chi connectivity index (χ1) is 9.28. The molecule has 100 valence electrons. The summed E-state index contributed by atoms with van der Waals surface area (Å²) in [4.78, 5) is 2.09. The summed E-state index contributed by atoms with van der Waals surface area (Å²) in [5.74, 6) is 1.11. The molecule has 0 atom stereocenters. The molecule has 0 spiro atoms. The first kappa shape index (κ1) is 11.8. The molecule has 1 aromatic heterocycles.